The molecule has 1 aliphatic rings. The second-order valence-corrected chi connectivity index (χ2v) is 8.61. The predicted octanol–water partition coefficient (Wildman–Crippen LogP) is 4.65. The van der Waals surface area contributed by atoms with Gasteiger partial charge in [-0.2, -0.15) is 0 Å². The molecule has 8 heteroatoms. The van der Waals surface area contributed by atoms with Gasteiger partial charge in [0.2, 0.25) is 8.38 Å². The van der Waals surface area contributed by atoms with E-state index in [1.54, 1.807) is 25.1 Å². The summed E-state index contributed by atoms with van der Waals surface area (Å²) in [4.78, 5) is 11.9. The fraction of sp³-hybridized carbons (Fsp3) is 0.533. The minimum Gasteiger partial charge on any atom is -0.480 e. The molecule has 0 aliphatic carbocycles. The normalized spacial score (nSPS) is 19.2. The molecule has 1 unspecified atom stereocenters. The molecule has 0 spiro atoms. The van der Waals surface area contributed by atoms with Gasteiger partial charge < -0.3 is 18.5 Å². The van der Waals surface area contributed by atoms with Crippen molar-refractivity contribution < 1.29 is 23.3 Å². The molecule has 1 aromatic carbocycles. The Morgan fingerprint density at radius 1 is 1.35 bits per heavy atom. The van der Waals surface area contributed by atoms with Crippen LogP contribution in [0.25, 0.3) is 0 Å². The van der Waals surface area contributed by atoms with E-state index in [0.29, 0.717) is 29.0 Å². The third-order valence-corrected chi connectivity index (χ3v) is 5.00. The maximum Gasteiger partial charge on any atom is 0.344 e. The van der Waals surface area contributed by atoms with E-state index in [9.17, 15) is 4.79 Å². The summed E-state index contributed by atoms with van der Waals surface area (Å²) >= 11 is 11.8. The molecule has 128 valence electrons. The van der Waals surface area contributed by atoms with Crippen LogP contribution in [0.2, 0.25) is 10.0 Å². The zero-order chi connectivity index (χ0) is 17.0. The standard InChI is InChI=1S/C15H19Cl2O5P/c1-10(23-20-8-15(2,3)9-21-23)22-14(18)7-19-13-5-4-11(16)6-12(13)17/h4-6,10H,7-9H2,1-3H3. The zero-order valence-electron chi connectivity index (χ0n) is 13.2. The van der Waals surface area contributed by atoms with Crippen molar-refractivity contribution in [2.75, 3.05) is 19.8 Å². The SMILES string of the molecule is CC(OC(=O)COc1ccc(Cl)cc1Cl)P1OCC(C)(C)CO1. The van der Waals surface area contributed by atoms with E-state index in [2.05, 4.69) is 13.8 Å². The van der Waals surface area contributed by atoms with Crippen molar-refractivity contribution in [3.63, 3.8) is 0 Å². The Morgan fingerprint density at radius 2 is 2.00 bits per heavy atom. The smallest absolute Gasteiger partial charge is 0.344 e. The lowest BCUT2D eigenvalue weighted by Crippen LogP contribution is -2.31. The molecule has 1 aromatic rings. The van der Waals surface area contributed by atoms with Crippen LogP contribution < -0.4 is 4.74 Å². The van der Waals surface area contributed by atoms with E-state index in [-0.39, 0.29) is 12.0 Å². The average molecular weight is 381 g/mol. The first-order chi connectivity index (χ1) is 10.8. The number of esters is 1. The van der Waals surface area contributed by atoms with Crippen LogP contribution in [-0.4, -0.2) is 31.6 Å². The first-order valence-electron chi connectivity index (χ1n) is 7.09. The summed E-state index contributed by atoms with van der Waals surface area (Å²) in [5.74, 6) is -0.598. The van der Waals surface area contributed by atoms with Crippen LogP contribution in [0.15, 0.2) is 18.2 Å². The van der Waals surface area contributed by atoms with Gasteiger partial charge in [-0.05, 0) is 25.1 Å². The molecule has 0 aromatic heterocycles. The van der Waals surface area contributed by atoms with Crippen molar-refractivity contribution in [3.8, 4) is 5.75 Å². The van der Waals surface area contributed by atoms with Gasteiger partial charge in [0, 0.05) is 10.4 Å². The maximum atomic E-state index is 11.9. The molecule has 1 heterocycles. The minimum absolute atomic E-state index is 0.0169. The topological polar surface area (TPSA) is 54.0 Å². The molecule has 2 rings (SSSR count). The number of carbonyl (C=O) groups excluding carboxylic acids is 1. The van der Waals surface area contributed by atoms with Gasteiger partial charge in [0.1, 0.15) is 5.75 Å². The second kappa shape index (κ2) is 8.00. The highest BCUT2D eigenvalue weighted by molar-refractivity contribution is 7.47. The number of halogens is 2. The predicted molar refractivity (Wildman–Crippen MR) is 90.1 cm³/mol. The van der Waals surface area contributed by atoms with Gasteiger partial charge in [0.25, 0.3) is 0 Å². The van der Waals surface area contributed by atoms with Crippen LogP contribution in [0.5, 0.6) is 5.75 Å². The number of rotatable bonds is 5. The largest absolute Gasteiger partial charge is 0.480 e. The van der Waals surface area contributed by atoms with Gasteiger partial charge in [0.15, 0.2) is 12.5 Å². The number of hydrogen-bond acceptors (Lipinski definition) is 5. The number of carbonyl (C=O) groups is 1. The van der Waals surface area contributed by atoms with E-state index in [1.807, 2.05) is 0 Å². The average Bonchev–Trinajstić information content (AvgIpc) is 2.46. The summed E-state index contributed by atoms with van der Waals surface area (Å²) < 4.78 is 21.9. The Balaban J connectivity index is 1.78. The quantitative estimate of drug-likeness (QED) is 0.549. The maximum absolute atomic E-state index is 11.9. The molecule has 1 fully saturated rings. The Hall–Kier alpha value is -0.580. The molecule has 0 bridgehead atoms. The van der Waals surface area contributed by atoms with E-state index < -0.39 is 20.2 Å². The number of hydrogen-bond donors (Lipinski definition) is 0. The molecule has 1 atom stereocenters. The van der Waals surface area contributed by atoms with Gasteiger partial charge >= 0.3 is 5.97 Å². The first-order valence-corrected chi connectivity index (χ1v) is 9.09. The first kappa shape index (κ1) is 18.8. The van der Waals surface area contributed by atoms with Crippen molar-refractivity contribution in [1.29, 1.82) is 0 Å². The molecule has 0 N–H and O–H groups in total. The molecular formula is C15H19Cl2O5P. The number of benzene rings is 1. The molecule has 0 amide bonds. The van der Waals surface area contributed by atoms with E-state index in [1.165, 1.54) is 0 Å². The molecule has 1 saturated heterocycles. The molecule has 5 nitrogen and oxygen atoms in total. The highest BCUT2D eigenvalue weighted by Gasteiger charge is 2.33. The van der Waals surface area contributed by atoms with Gasteiger partial charge in [-0.3, -0.25) is 0 Å². The van der Waals surface area contributed by atoms with E-state index >= 15 is 0 Å². The van der Waals surface area contributed by atoms with Gasteiger partial charge in [-0.15, -0.1) is 0 Å². The fourth-order valence-electron chi connectivity index (χ4n) is 1.76. The van der Waals surface area contributed by atoms with Crippen molar-refractivity contribution >= 4 is 37.5 Å². The van der Waals surface area contributed by atoms with Crippen molar-refractivity contribution in [2.24, 2.45) is 5.41 Å². The Morgan fingerprint density at radius 3 is 2.61 bits per heavy atom. The van der Waals surface area contributed by atoms with Gasteiger partial charge in [-0.1, -0.05) is 37.0 Å². The summed E-state index contributed by atoms with van der Waals surface area (Å²) in [5.41, 5.74) is -0.0169. The van der Waals surface area contributed by atoms with Gasteiger partial charge in [0.05, 0.1) is 18.2 Å². The lowest BCUT2D eigenvalue weighted by atomic mass is 9.97. The van der Waals surface area contributed by atoms with Crippen LogP contribution >= 0.6 is 31.6 Å². The second-order valence-electron chi connectivity index (χ2n) is 5.95. The molecule has 0 radical (unpaired) electrons. The van der Waals surface area contributed by atoms with Crippen molar-refractivity contribution in [1.82, 2.24) is 0 Å². The van der Waals surface area contributed by atoms with Crippen LogP contribution in [0.1, 0.15) is 20.8 Å². The highest BCUT2D eigenvalue weighted by atomic mass is 35.5. The Bertz CT molecular complexity index is 557. The molecule has 0 saturated carbocycles. The fourth-order valence-corrected chi connectivity index (χ4v) is 3.88. The lowest BCUT2D eigenvalue weighted by molar-refractivity contribution is -0.148. The summed E-state index contributed by atoms with van der Waals surface area (Å²) in [7, 11) is -1.24. The number of ether oxygens (including phenoxy) is 2. The summed E-state index contributed by atoms with van der Waals surface area (Å²) in [5, 5.41) is 0.833. The van der Waals surface area contributed by atoms with Crippen LogP contribution in [0, 0.1) is 5.41 Å². The summed E-state index contributed by atoms with van der Waals surface area (Å²) in [6.45, 7) is 6.77. The third kappa shape index (κ3) is 5.77. The molecule has 23 heavy (non-hydrogen) atoms. The van der Waals surface area contributed by atoms with Crippen LogP contribution in [0.4, 0.5) is 0 Å². The van der Waals surface area contributed by atoms with Crippen molar-refractivity contribution in [2.45, 2.75) is 26.6 Å². The minimum atomic E-state index is -1.24. The molecule has 1 aliphatic heterocycles. The van der Waals surface area contributed by atoms with E-state index in [4.69, 9.17) is 41.7 Å². The monoisotopic (exact) mass is 380 g/mol. The van der Waals surface area contributed by atoms with Crippen molar-refractivity contribution in [3.05, 3.63) is 28.2 Å². The summed E-state index contributed by atoms with van der Waals surface area (Å²) in [6.07, 6.45) is 0. The Kier molecular flexibility index (Phi) is 6.52. The summed E-state index contributed by atoms with van der Waals surface area (Å²) in [6, 6.07) is 4.77. The molecular weight excluding hydrogens is 362 g/mol. The Labute approximate surface area is 147 Å². The van der Waals surface area contributed by atoms with Crippen LogP contribution in [0.3, 0.4) is 0 Å². The zero-order valence-corrected chi connectivity index (χ0v) is 15.6. The van der Waals surface area contributed by atoms with E-state index in [0.717, 1.165) is 0 Å². The van der Waals surface area contributed by atoms with Gasteiger partial charge in [-0.25, -0.2) is 4.79 Å². The highest BCUT2D eigenvalue weighted by Crippen LogP contribution is 2.49. The van der Waals surface area contributed by atoms with Crippen LogP contribution in [-0.2, 0) is 18.6 Å². The third-order valence-electron chi connectivity index (χ3n) is 3.00. The lowest BCUT2D eigenvalue weighted by Gasteiger charge is -2.35.